The third-order valence-electron chi connectivity index (χ3n) is 3.93. The van der Waals surface area contributed by atoms with Crippen molar-refractivity contribution >= 4 is 39.1 Å². The summed E-state index contributed by atoms with van der Waals surface area (Å²) in [5.41, 5.74) is 2.02. The van der Waals surface area contributed by atoms with E-state index in [9.17, 15) is 9.59 Å². The molecule has 2 aromatic carbocycles. The molecule has 138 valence electrons. The maximum absolute atomic E-state index is 12.1. The zero-order valence-corrected chi connectivity index (χ0v) is 16.7. The lowest BCUT2D eigenvalue weighted by Crippen LogP contribution is -2.23. The third kappa shape index (κ3) is 5.28. The predicted octanol–water partition coefficient (Wildman–Crippen LogP) is 4.75. The first-order valence-electron chi connectivity index (χ1n) is 8.41. The first kappa shape index (κ1) is 19.3. The van der Waals surface area contributed by atoms with Gasteiger partial charge in [0.25, 0.3) is 5.56 Å². The summed E-state index contributed by atoms with van der Waals surface area (Å²) in [7, 11) is 0. The van der Waals surface area contributed by atoms with Crippen molar-refractivity contribution in [2.45, 2.75) is 19.4 Å². The van der Waals surface area contributed by atoms with E-state index in [0.29, 0.717) is 29.4 Å². The van der Waals surface area contributed by atoms with Crippen LogP contribution >= 0.6 is 27.5 Å². The molecule has 3 rings (SSSR count). The maximum atomic E-state index is 12.1. The molecule has 1 N–H and O–H groups in total. The van der Waals surface area contributed by atoms with Crippen LogP contribution in [0.5, 0.6) is 0 Å². The Morgan fingerprint density at radius 2 is 1.81 bits per heavy atom. The molecule has 7 heteroatoms. The van der Waals surface area contributed by atoms with Crippen LogP contribution in [0.15, 0.2) is 69.9 Å². The third-order valence-corrected chi connectivity index (χ3v) is 4.79. The van der Waals surface area contributed by atoms with Crippen molar-refractivity contribution in [3.05, 3.63) is 80.5 Å². The number of anilines is 1. The lowest BCUT2D eigenvalue weighted by molar-refractivity contribution is -0.116. The van der Waals surface area contributed by atoms with Crippen molar-refractivity contribution in [1.82, 2.24) is 9.78 Å². The number of hydrogen-bond acceptors (Lipinski definition) is 3. The Hall–Kier alpha value is -2.44. The number of amides is 1. The van der Waals surface area contributed by atoms with E-state index in [2.05, 4.69) is 26.3 Å². The topological polar surface area (TPSA) is 64.0 Å². The summed E-state index contributed by atoms with van der Waals surface area (Å²) in [6.07, 6.45) is 0.759. The van der Waals surface area contributed by atoms with Gasteiger partial charge in [0, 0.05) is 29.1 Å². The molecule has 0 atom stereocenters. The molecule has 0 aliphatic carbocycles. The standard InChI is InChI=1S/C20H17BrClN3O2/c21-15-9-7-14(8-10-15)17-11-12-20(27)25(24-17)13-3-6-19(26)23-18-5-2-1-4-16(18)22/h1-2,4-5,7-12H,3,6,13H2,(H,23,26). The molecule has 1 aromatic heterocycles. The molecule has 0 fully saturated rings. The quantitative estimate of drug-likeness (QED) is 0.594. The monoisotopic (exact) mass is 445 g/mol. The minimum atomic E-state index is -0.192. The van der Waals surface area contributed by atoms with Crippen molar-refractivity contribution in [3.8, 4) is 11.3 Å². The minimum absolute atomic E-state index is 0.153. The molecular weight excluding hydrogens is 430 g/mol. The van der Waals surface area contributed by atoms with Crippen molar-refractivity contribution in [2.24, 2.45) is 0 Å². The summed E-state index contributed by atoms with van der Waals surface area (Å²) < 4.78 is 2.37. The van der Waals surface area contributed by atoms with Gasteiger partial charge in [0.15, 0.2) is 0 Å². The van der Waals surface area contributed by atoms with Crippen LogP contribution in [0.25, 0.3) is 11.3 Å². The number of nitrogens with zero attached hydrogens (tertiary/aromatic N) is 2. The Kier molecular flexibility index (Phi) is 6.42. The predicted molar refractivity (Wildman–Crippen MR) is 111 cm³/mol. The summed E-state index contributed by atoms with van der Waals surface area (Å²) in [6, 6.07) is 18.0. The second-order valence-electron chi connectivity index (χ2n) is 5.92. The van der Waals surface area contributed by atoms with Crippen LogP contribution < -0.4 is 10.9 Å². The second kappa shape index (κ2) is 8.97. The maximum Gasteiger partial charge on any atom is 0.266 e. The van der Waals surface area contributed by atoms with E-state index >= 15 is 0 Å². The normalized spacial score (nSPS) is 10.6. The Balaban J connectivity index is 1.61. The number of nitrogens with one attached hydrogen (secondary N) is 1. The van der Waals surface area contributed by atoms with Crippen molar-refractivity contribution in [3.63, 3.8) is 0 Å². The highest BCUT2D eigenvalue weighted by Gasteiger charge is 2.07. The number of aromatic nitrogens is 2. The van der Waals surface area contributed by atoms with Gasteiger partial charge in [-0.3, -0.25) is 9.59 Å². The molecule has 27 heavy (non-hydrogen) atoms. The Morgan fingerprint density at radius 1 is 1.07 bits per heavy atom. The summed E-state index contributed by atoms with van der Waals surface area (Å²) in [5, 5.41) is 7.67. The Morgan fingerprint density at radius 3 is 2.56 bits per heavy atom. The van der Waals surface area contributed by atoms with Crippen molar-refractivity contribution in [1.29, 1.82) is 0 Å². The first-order valence-corrected chi connectivity index (χ1v) is 9.58. The van der Waals surface area contributed by atoms with E-state index in [1.165, 1.54) is 10.7 Å². The number of rotatable bonds is 6. The first-order chi connectivity index (χ1) is 13.0. The van der Waals surface area contributed by atoms with Gasteiger partial charge in [0.05, 0.1) is 16.4 Å². The fraction of sp³-hybridized carbons (Fsp3) is 0.150. The lowest BCUT2D eigenvalue weighted by atomic mass is 10.1. The number of carbonyl (C=O) groups excluding carboxylic acids is 1. The molecular formula is C20H17BrClN3O2. The van der Waals surface area contributed by atoms with E-state index in [1.54, 1.807) is 30.3 Å². The van der Waals surface area contributed by atoms with E-state index < -0.39 is 0 Å². The highest BCUT2D eigenvalue weighted by atomic mass is 79.9. The molecule has 0 bridgehead atoms. The fourth-order valence-corrected chi connectivity index (χ4v) is 3.00. The average Bonchev–Trinajstić information content (AvgIpc) is 2.66. The number of benzene rings is 2. The van der Waals surface area contributed by atoms with Crippen LogP contribution in [-0.4, -0.2) is 15.7 Å². The molecule has 1 heterocycles. The van der Waals surface area contributed by atoms with Crippen LogP contribution in [0.1, 0.15) is 12.8 Å². The molecule has 0 spiro atoms. The highest BCUT2D eigenvalue weighted by Crippen LogP contribution is 2.21. The summed E-state index contributed by atoms with van der Waals surface area (Å²) in [4.78, 5) is 24.1. The van der Waals surface area contributed by atoms with Gasteiger partial charge in [0.2, 0.25) is 5.91 Å². The summed E-state index contributed by atoms with van der Waals surface area (Å²) in [6.45, 7) is 0.360. The second-order valence-corrected chi connectivity index (χ2v) is 7.24. The van der Waals surface area contributed by atoms with Gasteiger partial charge < -0.3 is 5.32 Å². The zero-order chi connectivity index (χ0) is 19.2. The number of hydrogen-bond donors (Lipinski definition) is 1. The van der Waals surface area contributed by atoms with Crippen molar-refractivity contribution in [2.75, 3.05) is 5.32 Å². The van der Waals surface area contributed by atoms with E-state index in [4.69, 9.17) is 11.6 Å². The summed E-state index contributed by atoms with van der Waals surface area (Å²) in [5.74, 6) is -0.153. The number of aryl methyl sites for hydroxylation is 1. The number of halogens is 2. The summed E-state index contributed by atoms with van der Waals surface area (Å²) >= 11 is 9.43. The smallest absolute Gasteiger partial charge is 0.266 e. The van der Waals surface area contributed by atoms with Crippen LogP contribution in [0.2, 0.25) is 5.02 Å². The van der Waals surface area contributed by atoms with Gasteiger partial charge in [-0.15, -0.1) is 0 Å². The molecule has 0 unspecified atom stereocenters. The van der Waals surface area contributed by atoms with Gasteiger partial charge in [-0.2, -0.15) is 5.10 Å². The van der Waals surface area contributed by atoms with Crippen LogP contribution in [0, 0.1) is 0 Å². The fourth-order valence-electron chi connectivity index (χ4n) is 2.55. The highest BCUT2D eigenvalue weighted by molar-refractivity contribution is 9.10. The van der Waals surface area contributed by atoms with Crippen LogP contribution in [0.4, 0.5) is 5.69 Å². The van der Waals surface area contributed by atoms with Crippen molar-refractivity contribution < 1.29 is 4.79 Å². The van der Waals surface area contributed by atoms with Gasteiger partial charge >= 0.3 is 0 Å². The van der Waals surface area contributed by atoms with Gasteiger partial charge in [0.1, 0.15) is 0 Å². The molecule has 0 saturated heterocycles. The molecule has 0 aliphatic heterocycles. The molecule has 0 aliphatic rings. The van der Waals surface area contributed by atoms with E-state index in [0.717, 1.165) is 10.0 Å². The number of para-hydroxylation sites is 1. The van der Waals surface area contributed by atoms with E-state index in [1.807, 2.05) is 24.3 Å². The van der Waals surface area contributed by atoms with Gasteiger partial charge in [-0.1, -0.05) is 51.8 Å². The molecule has 3 aromatic rings. The van der Waals surface area contributed by atoms with Crippen LogP contribution in [-0.2, 0) is 11.3 Å². The molecule has 0 radical (unpaired) electrons. The average molecular weight is 447 g/mol. The zero-order valence-electron chi connectivity index (χ0n) is 14.4. The van der Waals surface area contributed by atoms with Gasteiger partial charge in [-0.05, 0) is 36.8 Å². The Bertz CT molecular complexity index is 1000. The number of carbonyl (C=O) groups is 1. The van der Waals surface area contributed by atoms with Crippen LogP contribution in [0.3, 0.4) is 0 Å². The van der Waals surface area contributed by atoms with Gasteiger partial charge in [-0.25, -0.2) is 4.68 Å². The lowest BCUT2D eigenvalue weighted by Gasteiger charge is -2.09. The SMILES string of the molecule is O=C(CCCn1nc(-c2ccc(Br)cc2)ccc1=O)Nc1ccccc1Cl. The van der Waals surface area contributed by atoms with E-state index in [-0.39, 0.29) is 17.9 Å². The minimum Gasteiger partial charge on any atom is -0.325 e. The Labute approximate surface area is 170 Å². The largest absolute Gasteiger partial charge is 0.325 e. The molecule has 5 nitrogen and oxygen atoms in total. The molecule has 0 saturated carbocycles. The molecule has 1 amide bonds.